The number of thiocarbonyl (C=S) groups is 1. The van der Waals surface area contributed by atoms with Crippen LogP contribution in [0.5, 0.6) is 0 Å². The first kappa shape index (κ1) is 11.3. The molecule has 0 aromatic carbocycles. The maximum Gasteiger partial charge on any atom is 0.0799 e. The topological polar surface area (TPSA) is 24.1 Å². The second-order valence-corrected chi connectivity index (χ2v) is 5.33. The van der Waals surface area contributed by atoms with E-state index in [9.17, 15) is 0 Å². The summed E-state index contributed by atoms with van der Waals surface area (Å²) in [5.41, 5.74) is 0. The van der Waals surface area contributed by atoms with E-state index in [4.69, 9.17) is 12.2 Å². The van der Waals surface area contributed by atoms with E-state index >= 15 is 0 Å². The molecule has 1 saturated heterocycles. The van der Waals surface area contributed by atoms with Gasteiger partial charge in [0.05, 0.1) is 4.99 Å². The van der Waals surface area contributed by atoms with Gasteiger partial charge in [-0.15, -0.1) is 0 Å². The van der Waals surface area contributed by atoms with Crippen LogP contribution >= 0.6 is 12.2 Å². The lowest BCUT2D eigenvalue weighted by molar-refractivity contribution is 0.398. The van der Waals surface area contributed by atoms with Crippen LogP contribution in [-0.4, -0.2) is 24.1 Å². The molecule has 0 bridgehead atoms. The third-order valence-electron chi connectivity index (χ3n) is 3.62. The molecule has 1 saturated carbocycles. The quantitative estimate of drug-likeness (QED) is 0.706. The van der Waals surface area contributed by atoms with Gasteiger partial charge in [-0.05, 0) is 32.2 Å². The average molecular weight is 226 g/mol. The maximum absolute atomic E-state index is 5.50. The minimum Gasteiger partial charge on any atom is -0.377 e. The van der Waals surface area contributed by atoms with E-state index in [2.05, 4.69) is 10.6 Å². The fourth-order valence-corrected chi connectivity index (χ4v) is 3.01. The minimum atomic E-state index is 0.593. The van der Waals surface area contributed by atoms with Crippen LogP contribution in [0.15, 0.2) is 0 Å². The van der Waals surface area contributed by atoms with E-state index in [0.29, 0.717) is 12.0 Å². The molecule has 0 aromatic rings. The Morgan fingerprint density at radius 3 is 2.53 bits per heavy atom. The third kappa shape index (κ3) is 3.42. The predicted octanol–water partition coefficient (Wildman–Crippen LogP) is 2.24. The average Bonchev–Trinajstić information content (AvgIpc) is 2.31. The SMILES string of the molecule is S=C(NC1CCCCC1)C1CCCNC1. The summed E-state index contributed by atoms with van der Waals surface area (Å²) in [7, 11) is 0. The summed E-state index contributed by atoms with van der Waals surface area (Å²) in [4.78, 5) is 1.12. The van der Waals surface area contributed by atoms with Gasteiger partial charge in [0, 0.05) is 18.5 Å². The summed E-state index contributed by atoms with van der Waals surface area (Å²) in [6.45, 7) is 2.25. The normalized spacial score (nSPS) is 28.7. The standard InChI is InChI=1S/C12H22N2S/c15-12(10-5-4-8-13-9-10)14-11-6-2-1-3-7-11/h10-11,13H,1-9H2,(H,14,15). The predicted molar refractivity (Wildman–Crippen MR) is 68.2 cm³/mol. The van der Waals surface area contributed by atoms with Crippen LogP contribution < -0.4 is 10.6 Å². The molecule has 2 rings (SSSR count). The zero-order valence-electron chi connectivity index (χ0n) is 9.43. The Kier molecular flexibility index (Phi) is 4.39. The summed E-state index contributed by atoms with van der Waals surface area (Å²) in [6, 6.07) is 0.674. The van der Waals surface area contributed by atoms with Crippen molar-refractivity contribution in [3.8, 4) is 0 Å². The second kappa shape index (κ2) is 5.80. The van der Waals surface area contributed by atoms with Crippen molar-refractivity contribution < 1.29 is 0 Å². The molecule has 2 fully saturated rings. The molecule has 2 aliphatic rings. The third-order valence-corrected chi connectivity index (χ3v) is 4.07. The van der Waals surface area contributed by atoms with E-state index in [1.165, 1.54) is 51.5 Å². The van der Waals surface area contributed by atoms with E-state index in [1.807, 2.05) is 0 Å². The molecule has 1 aliphatic carbocycles. The Labute approximate surface area is 98.2 Å². The number of hydrogen-bond acceptors (Lipinski definition) is 2. The number of nitrogens with one attached hydrogen (secondary N) is 2. The lowest BCUT2D eigenvalue weighted by atomic mass is 9.94. The van der Waals surface area contributed by atoms with Crippen molar-refractivity contribution >= 4 is 17.2 Å². The van der Waals surface area contributed by atoms with Crippen LogP contribution in [-0.2, 0) is 0 Å². The van der Waals surface area contributed by atoms with Crippen LogP contribution in [0, 0.1) is 5.92 Å². The molecular formula is C12H22N2S. The monoisotopic (exact) mass is 226 g/mol. The summed E-state index contributed by atoms with van der Waals surface area (Å²) in [5.74, 6) is 0.593. The van der Waals surface area contributed by atoms with Gasteiger partial charge in [-0.2, -0.15) is 0 Å². The lowest BCUT2D eigenvalue weighted by Gasteiger charge is -2.29. The first-order valence-corrected chi connectivity index (χ1v) is 6.78. The fourth-order valence-electron chi connectivity index (χ4n) is 2.64. The molecule has 0 spiro atoms. The van der Waals surface area contributed by atoms with Crippen LogP contribution in [0.1, 0.15) is 44.9 Å². The molecule has 0 radical (unpaired) electrons. The van der Waals surface area contributed by atoms with Gasteiger partial charge in [0.2, 0.25) is 0 Å². The first-order valence-electron chi connectivity index (χ1n) is 6.37. The molecule has 2 nitrogen and oxygen atoms in total. The molecule has 0 amide bonds. The van der Waals surface area contributed by atoms with Gasteiger partial charge in [0.1, 0.15) is 0 Å². The zero-order valence-corrected chi connectivity index (χ0v) is 10.2. The van der Waals surface area contributed by atoms with Gasteiger partial charge in [-0.1, -0.05) is 31.5 Å². The number of hydrogen-bond donors (Lipinski definition) is 2. The van der Waals surface area contributed by atoms with Crippen molar-refractivity contribution in [2.24, 2.45) is 5.92 Å². The van der Waals surface area contributed by atoms with Crippen molar-refractivity contribution in [3.05, 3.63) is 0 Å². The van der Waals surface area contributed by atoms with Crippen molar-refractivity contribution in [2.75, 3.05) is 13.1 Å². The summed E-state index contributed by atoms with van der Waals surface area (Å²) in [6.07, 6.45) is 9.35. The Bertz CT molecular complexity index is 206. The van der Waals surface area contributed by atoms with E-state index < -0.39 is 0 Å². The number of rotatable bonds is 2. The summed E-state index contributed by atoms with van der Waals surface area (Å²) in [5, 5.41) is 7.01. The molecule has 2 N–H and O–H groups in total. The Balaban J connectivity index is 1.74. The molecule has 1 aliphatic heterocycles. The van der Waals surface area contributed by atoms with E-state index in [-0.39, 0.29) is 0 Å². The van der Waals surface area contributed by atoms with Gasteiger partial charge >= 0.3 is 0 Å². The number of piperidine rings is 1. The molecule has 1 heterocycles. The first-order chi connectivity index (χ1) is 7.36. The van der Waals surface area contributed by atoms with Crippen LogP contribution in [0.4, 0.5) is 0 Å². The zero-order chi connectivity index (χ0) is 10.5. The van der Waals surface area contributed by atoms with Crippen LogP contribution in [0.2, 0.25) is 0 Å². The highest BCUT2D eigenvalue weighted by Gasteiger charge is 2.20. The molecule has 3 heteroatoms. The summed E-state index contributed by atoms with van der Waals surface area (Å²) < 4.78 is 0. The Morgan fingerprint density at radius 2 is 1.87 bits per heavy atom. The molecule has 0 aromatic heterocycles. The minimum absolute atomic E-state index is 0.593. The van der Waals surface area contributed by atoms with Crippen molar-refractivity contribution in [1.82, 2.24) is 10.6 Å². The van der Waals surface area contributed by atoms with Gasteiger partial charge in [-0.3, -0.25) is 0 Å². The van der Waals surface area contributed by atoms with Gasteiger partial charge < -0.3 is 10.6 Å². The molecule has 15 heavy (non-hydrogen) atoms. The smallest absolute Gasteiger partial charge is 0.0799 e. The van der Waals surface area contributed by atoms with Gasteiger partial charge in [0.25, 0.3) is 0 Å². The van der Waals surface area contributed by atoms with E-state index in [1.54, 1.807) is 0 Å². The van der Waals surface area contributed by atoms with Crippen LogP contribution in [0.25, 0.3) is 0 Å². The largest absolute Gasteiger partial charge is 0.377 e. The highest BCUT2D eigenvalue weighted by atomic mass is 32.1. The van der Waals surface area contributed by atoms with Gasteiger partial charge in [0.15, 0.2) is 0 Å². The van der Waals surface area contributed by atoms with Crippen molar-refractivity contribution in [2.45, 2.75) is 51.0 Å². The Morgan fingerprint density at radius 1 is 1.07 bits per heavy atom. The fraction of sp³-hybridized carbons (Fsp3) is 0.917. The second-order valence-electron chi connectivity index (χ2n) is 4.89. The van der Waals surface area contributed by atoms with Gasteiger partial charge in [-0.25, -0.2) is 0 Å². The van der Waals surface area contributed by atoms with Crippen molar-refractivity contribution in [1.29, 1.82) is 0 Å². The van der Waals surface area contributed by atoms with Crippen molar-refractivity contribution in [3.63, 3.8) is 0 Å². The Hall–Kier alpha value is -0.150. The molecular weight excluding hydrogens is 204 g/mol. The molecule has 86 valence electrons. The lowest BCUT2D eigenvalue weighted by Crippen LogP contribution is -2.44. The highest BCUT2D eigenvalue weighted by Crippen LogP contribution is 2.19. The van der Waals surface area contributed by atoms with E-state index in [0.717, 1.165) is 11.5 Å². The summed E-state index contributed by atoms with van der Waals surface area (Å²) >= 11 is 5.50. The highest BCUT2D eigenvalue weighted by molar-refractivity contribution is 7.80. The van der Waals surface area contributed by atoms with Crippen LogP contribution in [0.3, 0.4) is 0 Å². The maximum atomic E-state index is 5.50. The molecule has 1 atom stereocenters. The molecule has 1 unspecified atom stereocenters.